The predicted molar refractivity (Wildman–Crippen MR) is 157 cm³/mol. The molecule has 4 aromatic rings. The molecule has 3 heterocycles. The zero-order valence-electron chi connectivity index (χ0n) is 24.3. The summed E-state index contributed by atoms with van der Waals surface area (Å²) in [7, 11) is -1.82. The number of methoxy groups -OCH3 is 2. The highest BCUT2D eigenvalue weighted by Crippen LogP contribution is 2.57. The third-order valence-corrected chi connectivity index (χ3v) is 8.47. The van der Waals surface area contributed by atoms with Crippen LogP contribution in [0.2, 0.25) is 0 Å². The van der Waals surface area contributed by atoms with Gasteiger partial charge in [0, 0.05) is 18.1 Å². The van der Waals surface area contributed by atoms with E-state index in [-0.39, 0.29) is 41.7 Å². The van der Waals surface area contributed by atoms with Crippen LogP contribution >= 0.6 is 7.82 Å². The maximum absolute atomic E-state index is 14.4. The number of Topliss-reactive ketones (excluding diaryl/α,β-unsaturated/α-hetero) is 1. The highest BCUT2D eigenvalue weighted by atomic mass is 31.2. The minimum Gasteiger partial charge on any atom is -0.497 e. The van der Waals surface area contributed by atoms with Gasteiger partial charge in [0.15, 0.2) is 23.1 Å². The number of aromatic nitrogens is 4. The number of nitrogens with one attached hydrogen (secondary N) is 1. The van der Waals surface area contributed by atoms with Crippen LogP contribution < -0.4 is 15.0 Å². The van der Waals surface area contributed by atoms with E-state index in [4.69, 9.17) is 33.0 Å². The minimum absolute atomic E-state index is 0.00437. The normalized spacial score (nSPS) is 19.9. The van der Waals surface area contributed by atoms with Crippen molar-refractivity contribution < 1.29 is 42.2 Å². The van der Waals surface area contributed by atoms with Crippen molar-refractivity contribution in [2.75, 3.05) is 27.4 Å². The van der Waals surface area contributed by atoms with Crippen molar-refractivity contribution in [1.82, 2.24) is 19.5 Å². The third kappa shape index (κ3) is 7.12. The first-order chi connectivity index (χ1) is 21.8. The molecule has 2 unspecified atom stereocenters. The first kappa shape index (κ1) is 32.0. The van der Waals surface area contributed by atoms with Crippen molar-refractivity contribution in [3.63, 3.8) is 0 Å². The van der Waals surface area contributed by atoms with Crippen LogP contribution in [0, 0.1) is 11.3 Å². The Kier molecular flexibility index (Phi) is 10.0. The first-order valence-corrected chi connectivity index (χ1v) is 15.2. The van der Waals surface area contributed by atoms with Gasteiger partial charge < -0.3 is 24.3 Å². The molecule has 2 N–H and O–H groups in total. The van der Waals surface area contributed by atoms with E-state index in [2.05, 4.69) is 15.0 Å². The van der Waals surface area contributed by atoms with Crippen LogP contribution in [0.3, 0.4) is 0 Å². The molecule has 2 aromatic heterocycles. The highest BCUT2D eigenvalue weighted by Gasteiger charge is 2.45. The van der Waals surface area contributed by atoms with Gasteiger partial charge in [-0.15, -0.1) is 0 Å². The topological polar surface area (TPSA) is 197 Å². The number of rotatable bonds is 14. The van der Waals surface area contributed by atoms with Gasteiger partial charge in [0.25, 0.3) is 5.56 Å². The van der Waals surface area contributed by atoms with Crippen LogP contribution in [0.5, 0.6) is 11.5 Å². The van der Waals surface area contributed by atoms with Crippen molar-refractivity contribution in [3.8, 4) is 17.6 Å². The van der Waals surface area contributed by atoms with Crippen molar-refractivity contribution in [2.45, 2.75) is 37.4 Å². The molecule has 16 heteroatoms. The average molecular weight is 640 g/mol. The van der Waals surface area contributed by atoms with Gasteiger partial charge in [-0.1, -0.05) is 30.3 Å². The van der Waals surface area contributed by atoms with Crippen molar-refractivity contribution in [1.29, 1.82) is 5.26 Å². The monoisotopic (exact) mass is 639 g/mol. The number of fused-ring (bicyclic) bond motifs is 1. The number of nitriles is 1. The number of imidazole rings is 1. The van der Waals surface area contributed by atoms with Crippen LogP contribution in [0.4, 0.5) is 0 Å². The smallest absolute Gasteiger partial charge is 0.476 e. The second-order valence-electron chi connectivity index (χ2n) is 9.80. The maximum atomic E-state index is 14.4. The number of aliphatic hydroxyl groups is 1. The van der Waals surface area contributed by atoms with Crippen LogP contribution in [0.1, 0.15) is 41.1 Å². The zero-order chi connectivity index (χ0) is 32.0. The number of phosphoric acid groups is 1. The second kappa shape index (κ2) is 14.1. The fourth-order valence-electron chi connectivity index (χ4n) is 4.80. The van der Waals surface area contributed by atoms with E-state index in [1.165, 1.54) is 43.6 Å². The number of aromatic amines is 1. The van der Waals surface area contributed by atoms with Gasteiger partial charge in [0.05, 0.1) is 52.6 Å². The molecule has 15 nitrogen and oxygen atoms in total. The Bertz CT molecular complexity index is 1770. The summed E-state index contributed by atoms with van der Waals surface area (Å²) >= 11 is 0. The van der Waals surface area contributed by atoms with Crippen molar-refractivity contribution in [2.24, 2.45) is 0 Å². The lowest BCUT2D eigenvalue weighted by atomic mass is 9.99. The largest absolute Gasteiger partial charge is 0.497 e. The number of carbonyl (C=O) groups is 1. The predicted octanol–water partition coefficient (Wildman–Crippen LogP) is 3.48. The zero-order valence-corrected chi connectivity index (χ0v) is 25.2. The molecule has 0 radical (unpaired) electrons. The number of hydrogen-bond donors (Lipinski definition) is 2. The molecule has 0 amide bonds. The van der Waals surface area contributed by atoms with E-state index in [9.17, 15) is 19.3 Å². The lowest BCUT2D eigenvalue weighted by Crippen LogP contribution is -2.28. The number of nitrogens with zero attached hydrogens (tertiary/aromatic N) is 4. The number of phosphoric ester groups is 1. The number of ether oxygens (including phenoxy) is 3. The standard InChI is InChI=1S/C29H30N5O10P/c1-39-20-11-19(12-21(13-20)40-2)27(26(36)18-7-4-3-5-8-18)44-45(38,41-10-6-9-30)43-22-14-24(42-23(22)15-35)34-17-33-25-28(34)31-16-32-29(25)37/h3-5,7-8,11-13,16-17,22-24,27,35H,6,10,14-15H2,1-2H3,(H,31,32,37)/t22-,23+,24+,27?,45?/m0/s1. The van der Waals surface area contributed by atoms with Crippen molar-refractivity contribution >= 4 is 24.8 Å². The minimum atomic E-state index is -4.69. The van der Waals surface area contributed by atoms with Gasteiger partial charge >= 0.3 is 7.82 Å². The van der Waals surface area contributed by atoms with Crippen LogP contribution in [-0.2, 0) is 22.9 Å². The molecule has 1 saturated heterocycles. The Morgan fingerprint density at radius 3 is 2.60 bits per heavy atom. The molecule has 0 saturated carbocycles. The molecule has 1 aliphatic rings. The summed E-state index contributed by atoms with van der Waals surface area (Å²) < 4.78 is 50.0. The second-order valence-corrected chi connectivity index (χ2v) is 11.4. The third-order valence-electron chi connectivity index (χ3n) is 6.97. The Morgan fingerprint density at radius 1 is 1.20 bits per heavy atom. The maximum Gasteiger partial charge on any atom is 0.476 e. The van der Waals surface area contributed by atoms with E-state index in [0.29, 0.717) is 11.5 Å². The molecule has 2 aromatic carbocycles. The molecule has 5 atom stereocenters. The molecular formula is C29H30N5O10P. The number of aliphatic hydroxyl groups excluding tert-OH is 1. The van der Waals surface area contributed by atoms with Crippen LogP contribution in [0.15, 0.2) is 66.0 Å². The van der Waals surface area contributed by atoms with E-state index in [1.807, 2.05) is 6.07 Å². The molecule has 5 rings (SSSR count). The fourth-order valence-corrected chi connectivity index (χ4v) is 6.31. The average Bonchev–Trinajstić information content (AvgIpc) is 3.68. The molecule has 0 spiro atoms. The molecule has 236 valence electrons. The Morgan fingerprint density at radius 2 is 1.93 bits per heavy atom. The van der Waals surface area contributed by atoms with E-state index >= 15 is 0 Å². The molecule has 1 aliphatic heterocycles. The summed E-state index contributed by atoms with van der Waals surface area (Å²) in [5, 5.41) is 19.2. The molecular weight excluding hydrogens is 609 g/mol. The van der Waals surface area contributed by atoms with E-state index < -0.39 is 50.3 Å². The van der Waals surface area contributed by atoms with E-state index in [1.54, 1.807) is 36.4 Å². The lowest BCUT2D eigenvalue weighted by molar-refractivity contribution is -0.0464. The SMILES string of the molecule is COc1cc(OC)cc(C(OP(=O)(OCCC#N)O[C@H]2C[C@H](n3cnc4c(=O)[nH]cnc43)O[C@@H]2CO)C(=O)c2ccccc2)c1. The van der Waals surface area contributed by atoms with Gasteiger partial charge in [-0.05, 0) is 17.7 Å². The summed E-state index contributed by atoms with van der Waals surface area (Å²) in [5.74, 6) is 0.110. The first-order valence-electron chi connectivity index (χ1n) is 13.8. The fraction of sp³-hybridized carbons (Fsp3) is 0.345. The Hall–Kier alpha value is -4.42. The van der Waals surface area contributed by atoms with Gasteiger partial charge in [-0.3, -0.25) is 27.7 Å². The lowest BCUT2D eigenvalue weighted by Gasteiger charge is -2.27. The molecule has 45 heavy (non-hydrogen) atoms. The number of benzene rings is 2. The number of hydrogen-bond acceptors (Lipinski definition) is 13. The van der Waals surface area contributed by atoms with Gasteiger partial charge in [0.1, 0.15) is 29.9 Å². The summed E-state index contributed by atoms with van der Waals surface area (Å²) in [4.78, 5) is 36.7. The van der Waals surface area contributed by atoms with Gasteiger partial charge in [-0.2, -0.15) is 5.26 Å². The van der Waals surface area contributed by atoms with Crippen molar-refractivity contribution in [3.05, 3.63) is 82.7 Å². The summed E-state index contributed by atoms with van der Waals surface area (Å²) in [5.41, 5.74) is 0.338. The summed E-state index contributed by atoms with van der Waals surface area (Å²) in [6.07, 6.45) is -2.05. The summed E-state index contributed by atoms with van der Waals surface area (Å²) in [6.45, 7) is -0.888. The summed E-state index contributed by atoms with van der Waals surface area (Å²) in [6, 6.07) is 14.8. The van der Waals surface area contributed by atoms with Crippen LogP contribution in [-0.4, -0.2) is 70.1 Å². The Balaban J connectivity index is 1.49. The van der Waals surface area contributed by atoms with Crippen LogP contribution in [0.25, 0.3) is 11.2 Å². The molecule has 0 bridgehead atoms. The number of H-pyrrole nitrogens is 1. The highest BCUT2D eigenvalue weighted by molar-refractivity contribution is 7.48. The number of ketones is 1. The Labute approximate surface area is 256 Å². The number of carbonyl (C=O) groups excluding carboxylic acids is 1. The molecule has 0 aliphatic carbocycles. The van der Waals surface area contributed by atoms with Gasteiger partial charge in [0.2, 0.25) is 0 Å². The quantitative estimate of drug-likeness (QED) is 0.116. The van der Waals surface area contributed by atoms with Gasteiger partial charge in [-0.25, -0.2) is 14.5 Å². The van der Waals surface area contributed by atoms with E-state index in [0.717, 1.165) is 0 Å². The molecule has 1 fully saturated rings.